The molecule has 0 aliphatic carbocycles. The van der Waals surface area contributed by atoms with Gasteiger partial charge in [-0.3, -0.25) is 9.59 Å². The van der Waals surface area contributed by atoms with Crippen molar-refractivity contribution in [2.45, 2.75) is 34.1 Å². The SMILES string of the molecule is CC(C)=C1CC(=O)N(c2cc(OCC(C)C)c(Cl)cc2F)C1=O. The van der Waals surface area contributed by atoms with Crippen LogP contribution in [0.15, 0.2) is 23.3 Å². The fourth-order valence-corrected chi connectivity index (χ4v) is 2.45. The van der Waals surface area contributed by atoms with Crippen LogP contribution in [0.2, 0.25) is 5.02 Å². The summed E-state index contributed by atoms with van der Waals surface area (Å²) >= 11 is 5.98. The van der Waals surface area contributed by atoms with Gasteiger partial charge in [0.1, 0.15) is 11.6 Å². The quantitative estimate of drug-likeness (QED) is 0.612. The highest BCUT2D eigenvalue weighted by molar-refractivity contribution is 6.32. The topological polar surface area (TPSA) is 46.6 Å². The summed E-state index contributed by atoms with van der Waals surface area (Å²) in [7, 11) is 0. The molecule has 1 aliphatic rings. The monoisotopic (exact) mass is 339 g/mol. The second kappa shape index (κ2) is 6.71. The lowest BCUT2D eigenvalue weighted by Crippen LogP contribution is -2.30. The van der Waals surface area contributed by atoms with Gasteiger partial charge in [0.15, 0.2) is 0 Å². The molecular formula is C17H19ClFNO3. The Hall–Kier alpha value is -1.88. The Morgan fingerprint density at radius 3 is 2.52 bits per heavy atom. The standard InChI is InChI=1S/C17H19ClFNO3/c1-9(2)8-23-15-7-14(13(19)6-12(15)18)20-16(21)5-11(10(3)4)17(20)22/h6-7,9H,5,8H2,1-4H3. The van der Waals surface area contributed by atoms with Crippen LogP contribution in [0.4, 0.5) is 10.1 Å². The van der Waals surface area contributed by atoms with Crippen LogP contribution in [-0.2, 0) is 9.59 Å². The average molecular weight is 340 g/mol. The number of benzene rings is 1. The molecule has 1 fully saturated rings. The third-order valence-electron chi connectivity index (χ3n) is 3.46. The largest absolute Gasteiger partial charge is 0.492 e. The van der Waals surface area contributed by atoms with Gasteiger partial charge in [-0.2, -0.15) is 0 Å². The summed E-state index contributed by atoms with van der Waals surface area (Å²) in [6, 6.07) is 2.37. The van der Waals surface area contributed by atoms with Crippen molar-refractivity contribution in [1.82, 2.24) is 0 Å². The Morgan fingerprint density at radius 2 is 2.00 bits per heavy atom. The first-order chi connectivity index (χ1) is 10.7. The minimum absolute atomic E-state index is 0.0224. The number of nitrogens with zero attached hydrogens (tertiary/aromatic N) is 1. The number of ether oxygens (including phenoxy) is 1. The minimum Gasteiger partial charge on any atom is -0.492 e. The van der Waals surface area contributed by atoms with Gasteiger partial charge in [-0.25, -0.2) is 9.29 Å². The molecule has 2 rings (SSSR count). The van der Waals surface area contributed by atoms with Crippen molar-refractivity contribution in [3.63, 3.8) is 0 Å². The fraction of sp³-hybridized carbons (Fsp3) is 0.412. The van der Waals surface area contributed by atoms with E-state index in [4.69, 9.17) is 16.3 Å². The third-order valence-corrected chi connectivity index (χ3v) is 3.75. The number of amides is 2. The average Bonchev–Trinajstić information content (AvgIpc) is 2.74. The predicted molar refractivity (Wildman–Crippen MR) is 87.2 cm³/mol. The summed E-state index contributed by atoms with van der Waals surface area (Å²) < 4.78 is 19.8. The summed E-state index contributed by atoms with van der Waals surface area (Å²) in [5.41, 5.74) is 1.02. The molecule has 0 radical (unpaired) electrons. The number of rotatable bonds is 4. The Morgan fingerprint density at radius 1 is 1.35 bits per heavy atom. The molecule has 2 amide bonds. The molecule has 0 saturated carbocycles. The van der Waals surface area contributed by atoms with Crippen LogP contribution >= 0.6 is 11.6 Å². The lowest BCUT2D eigenvalue weighted by atomic mass is 10.1. The van der Waals surface area contributed by atoms with Gasteiger partial charge in [-0.1, -0.05) is 31.0 Å². The Bertz CT molecular complexity index is 693. The Labute approximate surface area is 139 Å². The highest BCUT2D eigenvalue weighted by Crippen LogP contribution is 2.36. The van der Waals surface area contributed by atoms with Crippen molar-refractivity contribution in [2.24, 2.45) is 5.92 Å². The summed E-state index contributed by atoms with van der Waals surface area (Å²) in [4.78, 5) is 25.4. The summed E-state index contributed by atoms with van der Waals surface area (Å²) in [6.07, 6.45) is -0.0224. The lowest BCUT2D eigenvalue weighted by Gasteiger charge is -2.17. The number of anilines is 1. The molecule has 1 aromatic carbocycles. The summed E-state index contributed by atoms with van der Waals surface area (Å²) in [6.45, 7) is 7.82. The number of allylic oxidation sites excluding steroid dienone is 1. The zero-order chi connectivity index (χ0) is 17.3. The van der Waals surface area contributed by atoms with Gasteiger partial charge >= 0.3 is 0 Å². The van der Waals surface area contributed by atoms with E-state index in [2.05, 4.69) is 0 Å². The van der Waals surface area contributed by atoms with Crippen molar-refractivity contribution in [1.29, 1.82) is 0 Å². The fourth-order valence-electron chi connectivity index (χ4n) is 2.25. The van der Waals surface area contributed by atoms with E-state index in [-0.39, 0.29) is 28.8 Å². The number of imide groups is 1. The highest BCUT2D eigenvalue weighted by Gasteiger charge is 2.37. The number of halogens is 2. The molecule has 0 unspecified atom stereocenters. The third kappa shape index (κ3) is 3.55. The van der Waals surface area contributed by atoms with Gasteiger partial charge < -0.3 is 4.74 Å². The van der Waals surface area contributed by atoms with Crippen molar-refractivity contribution in [2.75, 3.05) is 11.5 Å². The first-order valence-electron chi connectivity index (χ1n) is 7.37. The van der Waals surface area contributed by atoms with E-state index in [0.717, 1.165) is 16.5 Å². The number of carbonyl (C=O) groups is 2. The lowest BCUT2D eigenvalue weighted by molar-refractivity contribution is -0.120. The molecule has 6 heteroatoms. The van der Waals surface area contributed by atoms with Crippen LogP contribution in [0.5, 0.6) is 5.75 Å². The first kappa shape index (κ1) is 17.5. The van der Waals surface area contributed by atoms with E-state index in [1.165, 1.54) is 6.07 Å². The van der Waals surface area contributed by atoms with Crippen molar-refractivity contribution >= 4 is 29.1 Å². The normalized spacial score (nSPS) is 14.9. The molecule has 124 valence electrons. The molecule has 1 saturated heterocycles. The van der Waals surface area contributed by atoms with Gasteiger partial charge in [-0.15, -0.1) is 0 Å². The van der Waals surface area contributed by atoms with Crippen molar-refractivity contribution < 1.29 is 18.7 Å². The van der Waals surface area contributed by atoms with Crippen LogP contribution in [0, 0.1) is 11.7 Å². The maximum Gasteiger partial charge on any atom is 0.261 e. The molecule has 4 nitrogen and oxygen atoms in total. The van der Waals surface area contributed by atoms with Gasteiger partial charge in [0.05, 0.1) is 23.7 Å². The molecule has 0 bridgehead atoms. The first-order valence-corrected chi connectivity index (χ1v) is 7.75. The highest BCUT2D eigenvalue weighted by atomic mass is 35.5. The van der Waals surface area contributed by atoms with Crippen molar-refractivity contribution in [3.05, 3.63) is 34.1 Å². The Kier molecular flexibility index (Phi) is 5.09. The predicted octanol–water partition coefficient (Wildman–Crippen LogP) is 4.11. The van der Waals surface area contributed by atoms with E-state index in [9.17, 15) is 14.0 Å². The van der Waals surface area contributed by atoms with Crippen molar-refractivity contribution in [3.8, 4) is 5.75 Å². The number of hydrogen-bond donors (Lipinski definition) is 0. The maximum atomic E-state index is 14.3. The molecule has 0 N–H and O–H groups in total. The molecule has 0 spiro atoms. The van der Waals surface area contributed by atoms with E-state index in [1.54, 1.807) is 13.8 Å². The van der Waals surface area contributed by atoms with Crippen LogP contribution in [0.25, 0.3) is 0 Å². The number of carbonyl (C=O) groups excluding carboxylic acids is 2. The molecule has 23 heavy (non-hydrogen) atoms. The van der Waals surface area contributed by atoms with Crippen LogP contribution in [0.3, 0.4) is 0 Å². The second-order valence-electron chi connectivity index (χ2n) is 6.13. The molecule has 0 aromatic heterocycles. The zero-order valence-electron chi connectivity index (χ0n) is 13.6. The minimum atomic E-state index is -0.733. The van der Waals surface area contributed by atoms with E-state index >= 15 is 0 Å². The number of hydrogen-bond acceptors (Lipinski definition) is 3. The molecule has 1 aromatic rings. The summed E-state index contributed by atoms with van der Waals surface area (Å²) in [5.74, 6) is -1.17. The maximum absolute atomic E-state index is 14.3. The van der Waals surface area contributed by atoms with E-state index < -0.39 is 17.6 Å². The van der Waals surface area contributed by atoms with Gasteiger partial charge in [0, 0.05) is 11.6 Å². The van der Waals surface area contributed by atoms with Gasteiger partial charge in [-0.05, 0) is 25.8 Å². The van der Waals surface area contributed by atoms with Gasteiger partial charge in [0.2, 0.25) is 5.91 Å². The van der Waals surface area contributed by atoms with Gasteiger partial charge in [0.25, 0.3) is 5.91 Å². The molecule has 0 atom stereocenters. The summed E-state index contributed by atoms with van der Waals surface area (Å²) in [5, 5.41) is 0.105. The van der Waals surface area contributed by atoms with Crippen LogP contribution in [-0.4, -0.2) is 18.4 Å². The zero-order valence-corrected chi connectivity index (χ0v) is 14.3. The molecule has 1 aliphatic heterocycles. The van der Waals surface area contributed by atoms with E-state index in [1.807, 2.05) is 13.8 Å². The van der Waals surface area contributed by atoms with E-state index in [0.29, 0.717) is 12.2 Å². The molecular weight excluding hydrogens is 321 g/mol. The van der Waals surface area contributed by atoms with Crippen LogP contribution in [0.1, 0.15) is 34.1 Å². The van der Waals surface area contributed by atoms with Crippen LogP contribution < -0.4 is 9.64 Å². The molecule has 1 heterocycles. The smallest absolute Gasteiger partial charge is 0.261 e. The Balaban J connectivity index is 2.43. The second-order valence-corrected chi connectivity index (χ2v) is 6.54.